The van der Waals surface area contributed by atoms with Gasteiger partial charge < -0.3 is 5.32 Å². The zero-order chi connectivity index (χ0) is 15.2. The van der Waals surface area contributed by atoms with Crippen molar-refractivity contribution < 1.29 is 8.42 Å². The van der Waals surface area contributed by atoms with Crippen LogP contribution in [0.2, 0.25) is 0 Å². The zero-order valence-corrected chi connectivity index (χ0v) is 13.8. The molecule has 0 aliphatic rings. The standard InChI is InChI=1S/C14H27N3O2S/c1-5-9-15-14(8-7-10-20(18,19)6-2)13-11-16-17(4)12(13)3/h11,14-15H,5-10H2,1-4H3. The van der Waals surface area contributed by atoms with Crippen molar-refractivity contribution in [1.82, 2.24) is 15.1 Å². The largest absolute Gasteiger partial charge is 0.310 e. The van der Waals surface area contributed by atoms with Gasteiger partial charge in [0.2, 0.25) is 0 Å². The number of rotatable bonds is 9. The van der Waals surface area contributed by atoms with E-state index in [0.29, 0.717) is 6.42 Å². The van der Waals surface area contributed by atoms with E-state index in [1.54, 1.807) is 6.92 Å². The van der Waals surface area contributed by atoms with E-state index < -0.39 is 9.84 Å². The van der Waals surface area contributed by atoms with E-state index in [0.717, 1.165) is 25.1 Å². The van der Waals surface area contributed by atoms with E-state index in [4.69, 9.17) is 0 Å². The predicted molar refractivity (Wildman–Crippen MR) is 82.5 cm³/mol. The maximum Gasteiger partial charge on any atom is 0.150 e. The number of nitrogens with one attached hydrogen (secondary N) is 1. The van der Waals surface area contributed by atoms with Crippen molar-refractivity contribution >= 4 is 9.84 Å². The lowest BCUT2D eigenvalue weighted by Gasteiger charge is -2.18. The minimum Gasteiger partial charge on any atom is -0.310 e. The minimum absolute atomic E-state index is 0.190. The Morgan fingerprint density at radius 2 is 2.10 bits per heavy atom. The van der Waals surface area contributed by atoms with Crippen LogP contribution < -0.4 is 5.32 Å². The highest BCUT2D eigenvalue weighted by atomic mass is 32.2. The summed E-state index contributed by atoms with van der Waals surface area (Å²) in [7, 11) is -0.944. The summed E-state index contributed by atoms with van der Waals surface area (Å²) in [5.41, 5.74) is 2.31. The molecule has 0 saturated carbocycles. The van der Waals surface area contributed by atoms with Gasteiger partial charge in [-0.2, -0.15) is 5.10 Å². The second-order valence-electron chi connectivity index (χ2n) is 5.19. The molecular weight excluding hydrogens is 274 g/mol. The summed E-state index contributed by atoms with van der Waals surface area (Å²) < 4.78 is 25.0. The average Bonchev–Trinajstić information content (AvgIpc) is 2.74. The van der Waals surface area contributed by atoms with Gasteiger partial charge in [-0.1, -0.05) is 13.8 Å². The molecule has 116 valence electrons. The van der Waals surface area contributed by atoms with Gasteiger partial charge in [0.25, 0.3) is 0 Å². The normalized spacial score (nSPS) is 13.6. The zero-order valence-electron chi connectivity index (χ0n) is 13.0. The number of hydrogen-bond acceptors (Lipinski definition) is 4. The van der Waals surface area contributed by atoms with Crippen LogP contribution in [0.5, 0.6) is 0 Å². The molecule has 0 fully saturated rings. The lowest BCUT2D eigenvalue weighted by Crippen LogP contribution is -2.23. The molecule has 1 rings (SSSR count). The lowest BCUT2D eigenvalue weighted by molar-refractivity contribution is 0.489. The molecule has 1 unspecified atom stereocenters. The molecule has 1 aromatic rings. The highest BCUT2D eigenvalue weighted by Gasteiger charge is 2.17. The van der Waals surface area contributed by atoms with Crippen molar-refractivity contribution in [2.24, 2.45) is 7.05 Å². The summed E-state index contributed by atoms with van der Waals surface area (Å²) in [6.07, 6.45) is 4.46. The van der Waals surface area contributed by atoms with E-state index in [2.05, 4.69) is 17.3 Å². The molecule has 0 bridgehead atoms. The Labute approximate surface area is 122 Å². The minimum atomic E-state index is -2.87. The molecule has 20 heavy (non-hydrogen) atoms. The van der Waals surface area contributed by atoms with Crippen LogP contribution in [0, 0.1) is 6.92 Å². The number of sulfone groups is 1. The fraction of sp³-hybridized carbons (Fsp3) is 0.786. The highest BCUT2D eigenvalue weighted by Crippen LogP contribution is 2.22. The molecule has 6 heteroatoms. The molecule has 0 aliphatic heterocycles. The third-order valence-electron chi connectivity index (χ3n) is 3.68. The smallest absolute Gasteiger partial charge is 0.150 e. The summed E-state index contributed by atoms with van der Waals surface area (Å²) in [4.78, 5) is 0. The SMILES string of the molecule is CCCNC(CCCS(=O)(=O)CC)c1cnn(C)c1C. The van der Waals surface area contributed by atoms with Crippen molar-refractivity contribution in [1.29, 1.82) is 0 Å². The summed E-state index contributed by atoms with van der Waals surface area (Å²) in [6, 6.07) is 0.190. The van der Waals surface area contributed by atoms with Crippen molar-refractivity contribution in [2.75, 3.05) is 18.1 Å². The fourth-order valence-corrected chi connectivity index (χ4v) is 3.09. The summed E-state index contributed by atoms with van der Waals surface area (Å²) in [5.74, 6) is 0.499. The summed E-state index contributed by atoms with van der Waals surface area (Å²) >= 11 is 0. The highest BCUT2D eigenvalue weighted by molar-refractivity contribution is 7.91. The maximum atomic E-state index is 11.6. The molecular formula is C14H27N3O2S. The molecule has 0 aromatic carbocycles. The molecule has 1 heterocycles. The molecule has 0 saturated heterocycles. The fourth-order valence-electron chi connectivity index (χ4n) is 2.20. The Balaban J connectivity index is 2.68. The average molecular weight is 301 g/mol. The molecule has 5 nitrogen and oxygen atoms in total. The van der Waals surface area contributed by atoms with Gasteiger partial charge in [0.15, 0.2) is 0 Å². The van der Waals surface area contributed by atoms with Crippen molar-refractivity contribution in [3.63, 3.8) is 0 Å². The monoisotopic (exact) mass is 301 g/mol. The Morgan fingerprint density at radius 1 is 1.40 bits per heavy atom. The second-order valence-corrected chi connectivity index (χ2v) is 7.67. The molecule has 1 N–H and O–H groups in total. The van der Waals surface area contributed by atoms with Crippen molar-refractivity contribution in [3.05, 3.63) is 17.5 Å². The van der Waals surface area contributed by atoms with Gasteiger partial charge >= 0.3 is 0 Å². The van der Waals surface area contributed by atoms with Gasteiger partial charge in [-0.15, -0.1) is 0 Å². The van der Waals surface area contributed by atoms with Crippen LogP contribution in [-0.2, 0) is 16.9 Å². The molecule has 0 amide bonds. The predicted octanol–water partition coefficient (Wildman–Crippen LogP) is 1.98. The summed E-state index contributed by atoms with van der Waals surface area (Å²) in [5, 5.41) is 7.77. The molecule has 1 atom stereocenters. The van der Waals surface area contributed by atoms with Gasteiger partial charge in [-0.3, -0.25) is 4.68 Å². The van der Waals surface area contributed by atoms with E-state index in [1.165, 1.54) is 5.56 Å². The van der Waals surface area contributed by atoms with Crippen molar-refractivity contribution in [2.45, 2.75) is 46.1 Å². The Hall–Kier alpha value is -0.880. The third-order valence-corrected chi connectivity index (χ3v) is 5.47. The summed E-state index contributed by atoms with van der Waals surface area (Å²) in [6.45, 7) is 6.81. The van der Waals surface area contributed by atoms with Gasteiger partial charge in [-0.25, -0.2) is 8.42 Å². The van der Waals surface area contributed by atoms with E-state index in [9.17, 15) is 8.42 Å². The van der Waals surface area contributed by atoms with Gasteiger partial charge in [-0.05, 0) is 32.7 Å². The first-order valence-corrected chi connectivity index (χ1v) is 9.15. The Kier molecular flexibility index (Phi) is 6.68. The van der Waals surface area contributed by atoms with Crippen LogP contribution in [0.15, 0.2) is 6.20 Å². The Bertz CT molecular complexity index is 508. The van der Waals surface area contributed by atoms with Crippen LogP contribution in [0.25, 0.3) is 0 Å². The Morgan fingerprint density at radius 3 is 2.60 bits per heavy atom. The first kappa shape index (κ1) is 17.2. The number of nitrogens with zero attached hydrogens (tertiary/aromatic N) is 2. The van der Waals surface area contributed by atoms with E-state index in [1.807, 2.05) is 24.9 Å². The molecule has 0 spiro atoms. The van der Waals surface area contributed by atoms with Crippen molar-refractivity contribution in [3.8, 4) is 0 Å². The van der Waals surface area contributed by atoms with Crippen LogP contribution >= 0.6 is 0 Å². The van der Waals surface area contributed by atoms with Gasteiger partial charge in [0.1, 0.15) is 9.84 Å². The first-order valence-electron chi connectivity index (χ1n) is 7.33. The molecule has 0 aliphatic carbocycles. The maximum absolute atomic E-state index is 11.6. The quantitative estimate of drug-likeness (QED) is 0.757. The number of aromatic nitrogens is 2. The van der Waals surface area contributed by atoms with Gasteiger partial charge in [0.05, 0.1) is 11.9 Å². The number of hydrogen-bond donors (Lipinski definition) is 1. The van der Waals surface area contributed by atoms with Crippen LogP contribution in [0.4, 0.5) is 0 Å². The molecule has 1 aromatic heterocycles. The van der Waals surface area contributed by atoms with E-state index >= 15 is 0 Å². The third kappa shape index (κ3) is 4.90. The van der Waals surface area contributed by atoms with Crippen LogP contribution in [0.1, 0.15) is 50.4 Å². The second kappa shape index (κ2) is 7.78. The lowest BCUT2D eigenvalue weighted by atomic mass is 10.0. The topological polar surface area (TPSA) is 64.0 Å². The number of aryl methyl sites for hydroxylation is 1. The van der Waals surface area contributed by atoms with Crippen LogP contribution in [-0.4, -0.2) is 36.2 Å². The molecule has 0 radical (unpaired) electrons. The van der Waals surface area contributed by atoms with Crippen LogP contribution in [0.3, 0.4) is 0 Å². The van der Waals surface area contributed by atoms with E-state index in [-0.39, 0.29) is 17.5 Å². The first-order chi connectivity index (χ1) is 9.41. The van der Waals surface area contributed by atoms with Gasteiger partial charge in [0, 0.05) is 30.1 Å².